The topological polar surface area (TPSA) is 35.2 Å². The van der Waals surface area contributed by atoms with Gasteiger partial charge in [-0.3, -0.25) is 0 Å². The maximum atomic E-state index is 13.3. The van der Waals surface area contributed by atoms with Crippen LogP contribution >= 0.6 is 0 Å². The summed E-state index contributed by atoms with van der Waals surface area (Å²) in [6.45, 7) is 4.32. The normalized spacial score (nSPS) is 25.1. The molecule has 0 aliphatic carbocycles. The van der Waals surface area contributed by atoms with Gasteiger partial charge >= 0.3 is 0 Å². The fraction of sp³-hybridized carbons (Fsp3) is 0.647. The molecular weight excluding hydrogens is 253 g/mol. The Morgan fingerprint density at radius 1 is 1.30 bits per heavy atom. The number of halogens is 1. The van der Waals surface area contributed by atoms with Gasteiger partial charge in [0.1, 0.15) is 17.2 Å². The minimum atomic E-state index is -0.261. The van der Waals surface area contributed by atoms with Crippen molar-refractivity contribution in [2.45, 2.75) is 70.4 Å². The lowest BCUT2D eigenvalue weighted by molar-refractivity contribution is 0.0426. The summed E-state index contributed by atoms with van der Waals surface area (Å²) < 4.78 is 19.4. The second kappa shape index (κ2) is 6.57. The molecule has 2 nitrogen and oxygen atoms in total. The van der Waals surface area contributed by atoms with E-state index in [0.29, 0.717) is 5.75 Å². The largest absolute Gasteiger partial charge is 0.487 e. The lowest BCUT2D eigenvalue weighted by Crippen LogP contribution is -2.40. The second-order valence-corrected chi connectivity index (χ2v) is 6.21. The Morgan fingerprint density at radius 2 is 2.05 bits per heavy atom. The molecule has 0 radical (unpaired) electrons. The molecular formula is C17H26FNO. The van der Waals surface area contributed by atoms with Gasteiger partial charge in [-0.1, -0.05) is 38.7 Å². The Bertz CT molecular complexity index is 449. The van der Waals surface area contributed by atoms with Gasteiger partial charge in [-0.25, -0.2) is 4.39 Å². The van der Waals surface area contributed by atoms with E-state index in [9.17, 15) is 4.39 Å². The van der Waals surface area contributed by atoms with Crippen molar-refractivity contribution in [3.05, 3.63) is 29.6 Å². The molecule has 1 aromatic carbocycles. The van der Waals surface area contributed by atoms with Gasteiger partial charge in [0.25, 0.3) is 0 Å². The molecule has 1 heterocycles. The van der Waals surface area contributed by atoms with E-state index in [-0.39, 0.29) is 17.5 Å². The Balaban J connectivity index is 1.97. The van der Waals surface area contributed by atoms with Crippen molar-refractivity contribution in [1.82, 2.24) is 0 Å². The van der Waals surface area contributed by atoms with E-state index in [1.807, 2.05) is 0 Å². The maximum absolute atomic E-state index is 13.3. The summed E-state index contributed by atoms with van der Waals surface area (Å²) in [6.07, 6.45) is 8.01. The van der Waals surface area contributed by atoms with Crippen LogP contribution in [-0.2, 0) is 0 Å². The summed E-state index contributed by atoms with van der Waals surface area (Å²) in [5.74, 6) is 0.364. The first kappa shape index (κ1) is 15.3. The quantitative estimate of drug-likeness (QED) is 0.764. The number of hydrogen-bond acceptors (Lipinski definition) is 2. The number of hydrogen-bond donors (Lipinski definition) is 1. The molecule has 0 fully saturated rings. The zero-order valence-corrected chi connectivity index (χ0v) is 12.6. The number of unbranched alkanes of at least 4 members (excludes halogenated alkanes) is 4. The lowest BCUT2D eigenvalue weighted by Gasteiger charge is -2.39. The minimum absolute atomic E-state index is 0.0556. The summed E-state index contributed by atoms with van der Waals surface area (Å²) in [6, 6.07) is 4.61. The predicted molar refractivity (Wildman–Crippen MR) is 80.4 cm³/mol. The molecule has 1 aliphatic heterocycles. The average Bonchev–Trinajstić information content (AvgIpc) is 2.37. The van der Waals surface area contributed by atoms with Gasteiger partial charge in [-0.05, 0) is 25.8 Å². The minimum Gasteiger partial charge on any atom is -0.487 e. The molecule has 2 rings (SSSR count). The smallest absolute Gasteiger partial charge is 0.127 e. The number of benzene rings is 1. The molecule has 2 atom stereocenters. The Labute approximate surface area is 121 Å². The molecule has 1 aromatic rings. The zero-order chi connectivity index (χ0) is 14.6. The van der Waals surface area contributed by atoms with Gasteiger partial charge in [0.2, 0.25) is 0 Å². The van der Waals surface area contributed by atoms with Gasteiger partial charge < -0.3 is 10.5 Å². The third-order valence-corrected chi connectivity index (χ3v) is 4.19. The van der Waals surface area contributed by atoms with Crippen molar-refractivity contribution < 1.29 is 9.13 Å². The van der Waals surface area contributed by atoms with Crippen LogP contribution in [0.3, 0.4) is 0 Å². The van der Waals surface area contributed by atoms with Gasteiger partial charge in [0.05, 0.1) is 0 Å². The van der Waals surface area contributed by atoms with E-state index in [1.165, 1.54) is 37.8 Å². The number of rotatable bonds is 6. The fourth-order valence-corrected chi connectivity index (χ4v) is 3.04. The van der Waals surface area contributed by atoms with E-state index in [0.717, 1.165) is 24.8 Å². The molecule has 0 saturated heterocycles. The van der Waals surface area contributed by atoms with Crippen LogP contribution in [0.4, 0.5) is 4.39 Å². The van der Waals surface area contributed by atoms with Crippen LogP contribution in [-0.4, -0.2) is 5.60 Å². The molecule has 20 heavy (non-hydrogen) atoms. The van der Waals surface area contributed by atoms with Crippen molar-refractivity contribution in [1.29, 1.82) is 0 Å². The van der Waals surface area contributed by atoms with Crippen molar-refractivity contribution >= 4 is 0 Å². The van der Waals surface area contributed by atoms with Crippen LogP contribution in [0, 0.1) is 5.82 Å². The van der Waals surface area contributed by atoms with Crippen LogP contribution in [0.25, 0.3) is 0 Å². The van der Waals surface area contributed by atoms with Gasteiger partial charge in [-0.2, -0.15) is 0 Å². The molecule has 0 spiro atoms. The number of fused-ring (bicyclic) bond motifs is 1. The molecule has 112 valence electrons. The van der Waals surface area contributed by atoms with E-state index in [1.54, 1.807) is 6.07 Å². The van der Waals surface area contributed by atoms with Crippen LogP contribution < -0.4 is 10.5 Å². The average molecular weight is 279 g/mol. The second-order valence-electron chi connectivity index (χ2n) is 6.21. The van der Waals surface area contributed by atoms with Crippen LogP contribution in [0.1, 0.15) is 70.4 Å². The fourth-order valence-electron chi connectivity index (χ4n) is 3.04. The highest BCUT2D eigenvalue weighted by Gasteiger charge is 2.35. The molecule has 2 N–H and O–H groups in total. The SMILES string of the molecule is CCCCCCCC1(C)C[C@@H](N)c2ccc(F)cc2O1. The van der Waals surface area contributed by atoms with Crippen molar-refractivity contribution in [3.63, 3.8) is 0 Å². The zero-order valence-electron chi connectivity index (χ0n) is 12.6. The van der Waals surface area contributed by atoms with Crippen LogP contribution in [0.2, 0.25) is 0 Å². The predicted octanol–water partition coefficient (Wildman–Crippen LogP) is 4.73. The first-order valence-electron chi connectivity index (χ1n) is 7.78. The van der Waals surface area contributed by atoms with E-state index in [4.69, 9.17) is 10.5 Å². The van der Waals surface area contributed by atoms with E-state index in [2.05, 4.69) is 13.8 Å². The molecule has 0 aromatic heterocycles. The Kier molecular flexibility index (Phi) is 5.03. The summed E-state index contributed by atoms with van der Waals surface area (Å²) in [5.41, 5.74) is 6.89. The molecule has 0 amide bonds. The van der Waals surface area contributed by atoms with Crippen LogP contribution in [0.15, 0.2) is 18.2 Å². The van der Waals surface area contributed by atoms with Gasteiger partial charge in [0.15, 0.2) is 0 Å². The summed E-state index contributed by atoms with van der Waals surface area (Å²) in [4.78, 5) is 0. The van der Waals surface area contributed by atoms with Crippen molar-refractivity contribution in [3.8, 4) is 5.75 Å². The monoisotopic (exact) mass is 279 g/mol. The third-order valence-electron chi connectivity index (χ3n) is 4.19. The summed E-state index contributed by atoms with van der Waals surface area (Å²) >= 11 is 0. The third kappa shape index (κ3) is 3.72. The summed E-state index contributed by atoms with van der Waals surface area (Å²) in [5, 5.41) is 0. The molecule has 1 unspecified atom stereocenters. The first-order valence-corrected chi connectivity index (χ1v) is 7.78. The lowest BCUT2D eigenvalue weighted by atomic mass is 9.85. The Hall–Kier alpha value is -1.09. The van der Waals surface area contributed by atoms with E-state index >= 15 is 0 Å². The molecule has 1 aliphatic rings. The first-order chi connectivity index (χ1) is 9.54. The number of nitrogens with two attached hydrogens (primary N) is 1. The highest BCUT2D eigenvalue weighted by molar-refractivity contribution is 5.39. The maximum Gasteiger partial charge on any atom is 0.127 e. The van der Waals surface area contributed by atoms with Crippen molar-refractivity contribution in [2.24, 2.45) is 5.73 Å². The molecule has 0 saturated carbocycles. The summed E-state index contributed by atoms with van der Waals surface area (Å²) in [7, 11) is 0. The van der Waals surface area contributed by atoms with Crippen molar-refractivity contribution in [2.75, 3.05) is 0 Å². The Morgan fingerprint density at radius 3 is 2.80 bits per heavy atom. The number of ether oxygens (including phenoxy) is 1. The van der Waals surface area contributed by atoms with Gasteiger partial charge in [-0.15, -0.1) is 0 Å². The molecule has 0 bridgehead atoms. The molecule has 3 heteroatoms. The standard InChI is InChI=1S/C17H26FNO/c1-3-4-5-6-7-10-17(2)12-15(19)14-9-8-13(18)11-16(14)20-17/h8-9,11,15H,3-7,10,12,19H2,1-2H3/t15-,17?/m1/s1. The van der Waals surface area contributed by atoms with Crippen LogP contribution in [0.5, 0.6) is 5.75 Å². The van der Waals surface area contributed by atoms with Gasteiger partial charge in [0, 0.05) is 24.1 Å². The highest BCUT2D eigenvalue weighted by atomic mass is 19.1. The highest BCUT2D eigenvalue weighted by Crippen LogP contribution is 2.40. The van der Waals surface area contributed by atoms with E-state index < -0.39 is 0 Å².